The Labute approximate surface area is 138 Å². The highest BCUT2D eigenvalue weighted by Gasteiger charge is 2.28. The number of fused-ring (bicyclic) bond motifs is 1. The lowest BCUT2D eigenvalue weighted by atomic mass is 10.1. The maximum atomic E-state index is 12.8. The summed E-state index contributed by atoms with van der Waals surface area (Å²) in [4.78, 5) is 16.8. The minimum atomic E-state index is -0.276. The van der Waals surface area contributed by atoms with Crippen LogP contribution in [0, 0.1) is 0 Å². The number of carbonyl (C=O) groups excluding carboxylic acids is 1. The number of nitrogens with one attached hydrogen (secondary N) is 1. The third-order valence-electron chi connectivity index (χ3n) is 4.34. The molecule has 6 nitrogen and oxygen atoms in total. The van der Waals surface area contributed by atoms with E-state index in [1.165, 1.54) is 5.56 Å². The predicted molar refractivity (Wildman–Crippen MR) is 89.1 cm³/mol. The van der Waals surface area contributed by atoms with E-state index in [-0.39, 0.29) is 23.4 Å². The smallest absolute Gasteiger partial charge is 0.259 e. The van der Waals surface area contributed by atoms with E-state index in [9.17, 15) is 4.79 Å². The summed E-state index contributed by atoms with van der Waals surface area (Å²) in [6, 6.07) is 11.7. The van der Waals surface area contributed by atoms with Gasteiger partial charge in [0.25, 0.3) is 5.91 Å². The van der Waals surface area contributed by atoms with Crippen LogP contribution >= 0.6 is 0 Å². The largest absolute Gasteiger partial charge is 0.367 e. The van der Waals surface area contributed by atoms with Crippen molar-refractivity contribution in [1.29, 1.82) is 0 Å². The molecule has 0 aliphatic heterocycles. The Bertz CT molecular complexity index is 889. The van der Waals surface area contributed by atoms with Gasteiger partial charge in [0, 0.05) is 18.0 Å². The molecule has 2 heterocycles. The van der Waals surface area contributed by atoms with Crippen LogP contribution in [0.5, 0.6) is 0 Å². The number of benzene rings is 1. The van der Waals surface area contributed by atoms with Crippen LogP contribution in [0.2, 0.25) is 0 Å². The molecule has 0 saturated carbocycles. The first-order valence-corrected chi connectivity index (χ1v) is 7.78. The molecule has 1 aliphatic rings. The molecule has 0 saturated heterocycles. The van der Waals surface area contributed by atoms with Gasteiger partial charge in [-0.1, -0.05) is 29.4 Å². The van der Waals surface area contributed by atoms with Gasteiger partial charge in [0.1, 0.15) is 11.3 Å². The first kappa shape index (κ1) is 14.4. The maximum Gasteiger partial charge on any atom is 0.259 e. The fourth-order valence-electron chi connectivity index (χ4n) is 3.17. The zero-order chi connectivity index (χ0) is 16.5. The van der Waals surface area contributed by atoms with Gasteiger partial charge in [-0.3, -0.25) is 9.78 Å². The molecule has 1 aromatic carbocycles. The number of anilines is 1. The van der Waals surface area contributed by atoms with Gasteiger partial charge < -0.3 is 15.6 Å². The van der Waals surface area contributed by atoms with Crippen molar-refractivity contribution >= 4 is 11.8 Å². The molecule has 1 unspecified atom stereocenters. The molecule has 1 amide bonds. The quantitative estimate of drug-likeness (QED) is 0.774. The molecule has 0 spiro atoms. The predicted octanol–water partition coefficient (Wildman–Crippen LogP) is 2.74. The topological polar surface area (TPSA) is 94.0 Å². The second kappa shape index (κ2) is 5.81. The molecule has 3 N–H and O–H groups in total. The van der Waals surface area contributed by atoms with Gasteiger partial charge in [0.15, 0.2) is 0 Å². The van der Waals surface area contributed by atoms with E-state index < -0.39 is 0 Å². The van der Waals surface area contributed by atoms with Crippen molar-refractivity contribution in [2.75, 3.05) is 5.73 Å². The summed E-state index contributed by atoms with van der Waals surface area (Å²) >= 11 is 0. The van der Waals surface area contributed by atoms with Crippen LogP contribution in [0.3, 0.4) is 0 Å². The van der Waals surface area contributed by atoms with E-state index in [2.05, 4.69) is 21.5 Å². The number of rotatable bonds is 3. The summed E-state index contributed by atoms with van der Waals surface area (Å²) in [6.45, 7) is 0. The summed E-state index contributed by atoms with van der Waals surface area (Å²) in [7, 11) is 0. The molecular weight excluding hydrogens is 304 g/mol. The molecule has 0 radical (unpaired) electrons. The number of nitrogens with zero attached hydrogens (tertiary/aromatic N) is 2. The molecular formula is C18H16N4O2. The van der Waals surface area contributed by atoms with E-state index >= 15 is 0 Å². The van der Waals surface area contributed by atoms with Gasteiger partial charge in [0.05, 0.1) is 6.04 Å². The summed E-state index contributed by atoms with van der Waals surface area (Å²) in [5.41, 5.74) is 9.71. The van der Waals surface area contributed by atoms with E-state index in [0.29, 0.717) is 5.69 Å². The summed E-state index contributed by atoms with van der Waals surface area (Å²) in [6.07, 6.45) is 5.10. The van der Waals surface area contributed by atoms with Crippen molar-refractivity contribution in [3.63, 3.8) is 0 Å². The number of hydrogen-bond acceptors (Lipinski definition) is 5. The Balaban J connectivity index is 1.64. The maximum absolute atomic E-state index is 12.8. The first-order valence-electron chi connectivity index (χ1n) is 7.78. The monoisotopic (exact) mass is 320 g/mol. The fourth-order valence-corrected chi connectivity index (χ4v) is 3.17. The number of carbonyl (C=O) groups is 1. The molecule has 1 atom stereocenters. The van der Waals surface area contributed by atoms with Crippen molar-refractivity contribution < 1.29 is 9.32 Å². The van der Waals surface area contributed by atoms with Gasteiger partial charge >= 0.3 is 0 Å². The van der Waals surface area contributed by atoms with Crippen molar-refractivity contribution in [2.45, 2.75) is 18.9 Å². The average molecular weight is 320 g/mol. The summed E-state index contributed by atoms with van der Waals surface area (Å²) < 4.78 is 5.05. The SMILES string of the molecule is Nc1onc(-c2ccncc2)c1C(=O)NC1CCc2ccccc21. The van der Waals surface area contributed by atoms with Gasteiger partial charge in [-0.15, -0.1) is 0 Å². The minimum absolute atomic E-state index is 0.0191. The Morgan fingerprint density at radius 1 is 1.21 bits per heavy atom. The molecule has 2 aromatic heterocycles. The Kier molecular flexibility index (Phi) is 3.49. The highest BCUT2D eigenvalue weighted by atomic mass is 16.5. The van der Waals surface area contributed by atoms with Gasteiger partial charge in [-0.2, -0.15) is 0 Å². The molecule has 6 heteroatoms. The number of aromatic nitrogens is 2. The van der Waals surface area contributed by atoms with E-state index in [1.807, 2.05) is 18.2 Å². The van der Waals surface area contributed by atoms with Crippen LogP contribution in [0.1, 0.15) is 33.9 Å². The van der Waals surface area contributed by atoms with Gasteiger partial charge in [-0.05, 0) is 36.1 Å². The Morgan fingerprint density at radius 3 is 2.83 bits per heavy atom. The molecule has 3 aromatic rings. The lowest BCUT2D eigenvalue weighted by Gasteiger charge is -2.14. The molecule has 120 valence electrons. The Hall–Kier alpha value is -3.15. The lowest BCUT2D eigenvalue weighted by Crippen LogP contribution is -2.27. The summed E-state index contributed by atoms with van der Waals surface area (Å²) in [5, 5.41) is 6.99. The van der Waals surface area contributed by atoms with E-state index in [0.717, 1.165) is 24.0 Å². The summed E-state index contributed by atoms with van der Waals surface area (Å²) in [5.74, 6) is -0.257. The van der Waals surface area contributed by atoms with Gasteiger partial charge in [0.2, 0.25) is 5.88 Å². The molecule has 0 bridgehead atoms. The number of nitrogen functional groups attached to an aromatic ring is 1. The van der Waals surface area contributed by atoms with Crippen LogP contribution < -0.4 is 11.1 Å². The zero-order valence-electron chi connectivity index (χ0n) is 12.9. The first-order chi connectivity index (χ1) is 11.7. The second-order valence-corrected chi connectivity index (χ2v) is 5.77. The van der Waals surface area contributed by atoms with Crippen molar-refractivity contribution in [2.24, 2.45) is 0 Å². The molecule has 1 aliphatic carbocycles. The zero-order valence-corrected chi connectivity index (χ0v) is 12.9. The van der Waals surface area contributed by atoms with Crippen LogP contribution in [0.4, 0.5) is 5.88 Å². The standard InChI is InChI=1S/C18H16N4O2/c19-17-15(16(22-24-17)12-7-9-20-10-8-12)18(23)21-14-6-5-11-3-1-2-4-13(11)14/h1-4,7-10,14H,5-6,19H2,(H,21,23). The minimum Gasteiger partial charge on any atom is -0.367 e. The number of pyridine rings is 1. The number of hydrogen-bond donors (Lipinski definition) is 2. The normalized spacial score (nSPS) is 15.9. The van der Waals surface area contributed by atoms with Crippen LogP contribution in [-0.4, -0.2) is 16.0 Å². The van der Waals surface area contributed by atoms with Gasteiger partial charge in [-0.25, -0.2) is 0 Å². The van der Waals surface area contributed by atoms with E-state index in [4.69, 9.17) is 10.3 Å². The van der Waals surface area contributed by atoms with E-state index in [1.54, 1.807) is 24.5 Å². The highest BCUT2D eigenvalue weighted by Crippen LogP contribution is 2.32. The van der Waals surface area contributed by atoms with Crippen molar-refractivity contribution in [3.05, 3.63) is 65.5 Å². The third kappa shape index (κ3) is 2.42. The number of aryl methyl sites for hydroxylation is 1. The lowest BCUT2D eigenvalue weighted by molar-refractivity contribution is 0.0938. The Morgan fingerprint density at radius 2 is 2.00 bits per heavy atom. The van der Waals surface area contributed by atoms with Crippen molar-refractivity contribution in [3.8, 4) is 11.3 Å². The van der Waals surface area contributed by atoms with Crippen LogP contribution in [-0.2, 0) is 6.42 Å². The van der Waals surface area contributed by atoms with Crippen LogP contribution in [0.15, 0.2) is 53.3 Å². The molecule has 4 rings (SSSR count). The van der Waals surface area contributed by atoms with Crippen molar-refractivity contribution in [1.82, 2.24) is 15.5 Å². The highest BCUT2D eigenvalue weighted by molar-refractivity contribution is 6.03. The fraction of sp³-hybridized carbons (Fsp3) is 0.167. The molecule has 0 fully saturated rings. The number of amides is 1. The third-order valence-corrected chi connectivity index (χ3v) is 4.34. The van der Waals surface area contributed by atoms with Crippen LogP contribution in [0.25, 0.3) is 11.3 Å². The number of nitrogens with two attached hydrogens (primary N) is 1. The second-order valence-electron chi connectivity index (χ2n) is 5.77. The molecule has 24 heavy (non-hydrogen) atoms. The average Bonchev–Trinajstić information content (AvgIpc) is 3.20.